The van der Waals surface area contributed by atoms with Gasteiger partial charge in [0.1, 0.15) is 24.8 Å². The summed E-state index contributed by atoms with van der Waals surface area (Å²) in [6.45, 7) is 9.40. The highest BCUT2D eigenvalue weighted by molar-refractivity contribution is 6.06. The molecule has 0 amide bonds. The first-order valence-electron chi connectivity index (χ1n) is 14.3. The quantitative estimate of drug-likeness (QED) is 0.406. The number of carbonyl (C=O) groups excluding carboxylic acids is 1. The van der Waals surface area contributed by atoms with Gasteiger partial charge in [-0.25, -0.2) is 4.39 Å². The lowest BCUT2D eigenvalue weighted by Gasteiger charge is -2.33. The summed E-state index contributed by atoms with van der Waals surface area (Å²) in [5.74, 6) is 0.448. The average molecular weight is 574 g/mol. The molecule has 0 aromatic heterocycles. The topological polar surface area (TPSA) is 84.3 Å². The van der Waals surface area contributed by atoms with E-state index in [1.54, 1.807) is 18.1 Å². The number of halogens is 1. The molecule has 0 saturated carbocycles. The molecule has 1 fully saturated rings. The second-order valence-electron chi connectivity index (χ2n) is 11.9. The van der Waals surface area contributed by atoms with E-state index < -0.39 is 5.82 Å². The third kappa shape index (κ3) is 5.06. The van der Waals surface area contributed by atoms with Crippen LogP contribution in [0.15, 0.2) is 42.5 Å². The first kappa shape index (κ1) is 28.0. The molecular weight excluding hydrogens is 537 g/mol. The predicted octanol–water partition coefficient (Wildman–Crippen LogP) is 5.46. The van der Waals surface area contributed by atoms with Crippen LogP contribution in [0, 0.1) is 11.2 Å². The summed E-state index contributed by atoms with van der Waals surface area (Å²) >= 11 is 0. The van der Waals surface area contributed by atoms with Crippen molar-refractivity contribution in [3.05, 3.63) is 81.7 Å². The Morgan fingerprint density at radius 1 is 1.05 bits per heavy atom. The molecule has 220 valence electrons. The number of carbonyl (C=O) groups is 1. The maximum atomic E-state index is 15.8. The van der Waals surface area contributed by atoms with Crippen LogP contribution in [0.3, 0.4) is 0 Å². The minimum absolute atomic E-state index is 0.0457. The van der Waals surface area contributed by atoms with E-state index in [1.165, 1.54) is 0 Å². The van der Waals surface area contributed by atoms with Crippen molar-refractivity contribution >= 4 is 17.3 Å². The highest BCUT2D eigenvalue weighted by Gasteiger charge is 2.34. The van der Waals surface area contributed by atoms with E-state index in [9.17, 15) is 4.79 Å². The minimum atomic E-state index is -0.546. The third-order valence-corrected chi connectivity index (χ3v) is 8.17. The third-order valence-electron chi connectivity index (χ3n) is 8.17. The fourth-order valence-electron chi connectivity index (χ4n) is 5.82. The van der Waals surface area contributed by atoms with Gasteiger partial charge < -0.3 is 28.7 Å². The van der Waals surface area contributed by atoms with Crippen LogP contribution in [0.4, 0.5) is 10.1 Å². The summed E-state index contributed by atoms with van der Waals surface area (Å²) in [7, 11) is 1.66. The lowest BCUT2D eigenvalue weighted by molar-refractivity contribution is 0.0962. The molecule has 0 unspecified atom stereocenters. The highest BCUT2D eigenvalue weighted by atomic mass is 19.1. The van der Waals surface area contributed by atoms with Crippen LogP contribution in [0.25, 0.3) is 0 Å². The number of nitrogens with zero attached hydrogens (tertiary/aromatic N) is 2. The number of amidine groups is 1. The number of hydrogen-bond donors (Lipinski definition) is 1. The molecule has 0 bridgehead atoms. The number of fused-ring (bicyclic) bond motifs is 3. The van der Waals surface area contributed by atoms with Crippen molar-refractivity contribution in [2.75, 3.05) is 44.9 Å². The molecule has 42 heavy (non-hydrogen) atoms. The lowest BCUT2D eigenvalue weighted by Crippen LogP contribution is -2.37. The first-order valence-corrected chi connectivity index (χ1v) is 14.3. The van der Waals surface area contributed by atoms with Gasteiger partial charge in [-0.2, -0.15) is 0 Å². The van der Waals surface area contributed by atoms with Crippen LogP contribution in [-0.2, 0) is 29.9 Å². The highest BCUT2D eigenvalue weighted by Crippen LogP contribution is 2.42. The summed E-state index contributed by atoms with van der Waals surface area (Å²) < 4.78 is 39.1. The number of benzene rings is 3. The Kier molecular flexibility index (Phi) is 7.30. The molecule has 0 atom stereocenters. The monoisotopic (exact) mass is 573 g/mol. The van der Waals surface area contributed by atoms with Gasteiger partial charge in [-0.1, -0.05) is 45.0 Å². The van der Waals surface area contributed by atoms with E-state index >= 15 is 4.39 Å². The minimum Gasteiger partial charge on any atom is -0.494 e. The van der Waals surface area contributed by atoms with E-state index in [1.807, 2.05) is 36.4 Å². The van der Waals surface area contributed by atoms with Crippen molar-refractivity contribution in [1.29, 1.82) is 5.41 Å². The van der Waals surface area contributed by atoms with Gasteiger partial charge in [0.05, 0.1) is 32.6 Å². The Hall–Kier alpha value is -4.11. The van der Waals surface area contributed by atoms with E-state index in [2.05, 4.69) is 25.7 Å². The number of methoxy groups -OCH3 is 1. The molecule has 0 aliphatic carbocycles. The Bertz CT molecular complexity index is 1560. The van der Waals surface area contributed by atoms with E-state index in [0.29, 0.717) is 43.0 Å². The van der Waals surface area contributed by atoms with Crippen LogP contribution >= 0.6 is 0 Å². The van der Waals surface area contributed by atoms with Gasteiger partial charge >= 0.3 is 0 Å². The number of rotatable bonds is 5. The Morgan fingerprint density at radius 2 is 1.74 bits per heavy atom. The largest absolute Gasteiger partial charge is 0.494 e. The SMILES string of the molecule is COc1c(N2CCOCC2)cc(C(=O)CN2Cc3c(cc4c(c3F)OCc3ccccc3CO4)C2=N)cc1C(C)(C)C. The fourth-order valence-corrected chi connectivity index (χ4v) is 5.82. The number of nitrogens with one attached hydrogen (secondary N) is 1. The number of morpholine rings is 1. The van der Waals surface area contributed by atoms with E-state index in [0.717, 1.165) is 28.1 Å². The van der Waals surface area contributed by atoms with Gasteiger partial charge in [-0.15, -0.1) is 0 Å². The number of Topliss-reactive ketones (excluding diaryl/α,β-unsaturated/α-hetero) is 1. The van der Waals surface area contributed by atoms with Gasteiger partial charge in [0.2, 0.25) is 0 Å². The normalized spacial score (nSPS) is 16.5. The van der Waals surface area contributed by atoms with Crippen molar-refractivity contribution < 1.29 is 28.1 Å². The zero-order valence-electron chi connectivity index (χ0n) is 24.5. The van der Waals surface area contributed by atoms with Gasteiger partial charge in [0, 0.05) is 41.9 Å². The number of hydrogen-bond acceptors (Lipinski definition) is 7. The van der Waals surface area contributed by atoms with Crippen LogP contribution in [0.1, 0.15) is 58.9 Å². The van der Waals surface area contributed by atoms with Crippen LogP contribution in [0.2, 0.25) is 0 Å². The molecule has 3 aliphatic heterocycles. The summed E-state index contributed by atoms with van der Waals surface area (Å²) in [6, 6.07) is 13.2. The second-order valence-corrected chi connectivity index (χ2v) is 11.9. The smallest absolute Gasteiger partial charge is 0.197 e. The van der Waals surface area contributed by atoms with Crippen LogP contribution in [0.5, 0.6) is 17.2 Å². The number of anilines is 1. The Labute approximate surface area is 245 Å². The summed E-state index contributed by atoms with van der Waals surface area (Å²) in [6.07, 6.45) is 0. The zero-order chi connectivity index (χ0) is 29.6. The van der Waals surface area contributed by atoms with Gasteiger partial charge in [-0.3, -0.25) is 10.2 Å². The molecule has 3 aromatic rings. The molecule has 3 aliphatic rings. The van der Waals surface area contributed by atoms with Crippen molar-refractivity contribution in [3.8, 4) is 17.2 Å². The lowest BCUT2D eigenvalue weighted by atomic mass is 9.84. The zero-order valence-corrected chi connectivity index (χ0v) is 24.5. The summed E-state index contributed by atoms with van der Waals surface area (Å²) in [5, 5.41) is 8.85. The molecule has 1 N–H and O–H groups in total. The average Bonchev–Trinajstić information content (AvgIpc) is 3.28. The molecule has 1 saturated heterocycles. The Morgan fingerprint density at radius 3 is 2.40 bits per heavy atom. The fraction of sp³-hybridized carbons (Fsp3) is 0.394. The van der Waals surface area contributed by atoms with Crippen LogP contribution in [-0.4, -0.2) is 56.5 Å². The van der Waals surface area contributed by atoms with E-state index in [4.69, 9.17) is 24.4 Å². The number of ketones is 1. The molecule has 0 spiro atoms. The molecule has 3 heterocycles. The molecule has 6 rings (SSSR count). The molecule has 3 aromatic carbocycles. The standard InChI is InChI=1S/C33H36FN3O5/c1-33(2,3)25-13-22(14-26(30(25)39-4)36-9-11-40-12-10-36)27(38)17-37-16-24-23(32(37)35)15-28-31(29(24)34)42-19-21-8-6-5-7-20(21)18-41-28/h5-8,13-15,35H,9-12,16-19H2,1-4H3. The van der Waals surface area contributed by atoms with Crippen molar-refractivity contribution in [2.24, 2.45) is 0 Å². The van der Waals surface area contributed by atoms with Crippen LogP contribution < -0.4 is 19.1 Å². The van der Waals surface area contributed by atoms with Gasteiger partial charge in [-0.05, 0) is 34.7 Å². The van der Waals surface area contributed by atoms with Gasteiger partial charge in [0.25, 0.3) is 0 Å². The molecule has 9 heteroatoms. The summed E-state index contributed by atoms with van der Waals surface area (Å²) in [4.78, 5) is 17.6. The maximum absolute atomic E-state index is 15.8. The first-order chi connectivity index (χ1) is 20.2. The number of ether oxygens (including phenoxy) is 4. The van der Waals surface area contributed by atoms with Crippen molar-refractivity contribution in [1.82, 2.24) is 4.90 Å². The molecule has 8 nitrogen and oxygen atoms in total. The summed E-state index contributed by atoms with van der Waals surface area (Å²) in [5.41, 5.74) is 4.70. The van der Waals surface area contributed by atoms with Gasteiger partial charge in [0.15, 0.2) is 23.1 Å². The Balaban J connectivity index is 1.28. The molecule has 0 radical (unpaired) electrons. The van der Waals surface area contributed by atoms with E-state index in [-0.39, 0.29) is 54.8 Å². The second kappa shape index (κ2) is 10.9. The van der Waals surface area contributed by atoms with Crippen molar-refractivity contribution in [3.63, 3.8) is 0 Å². The molecular formula is C33H36FN3O5. The maximum Gasteiger partial charge on any atom is 0.197 e. The predicted molar refractivity (Wildman–Crippen MR) is 158 cm³/mol. The van der Waals surface area contributed by atoms with Crippen molar-refractivity contribution in [2.45, 2.75) is 45.9 Å².